The third-order valence-electron chi connectivity index (χ3n) is 4.05. The van der Waals surface area contributed by atoms with Crippen LogP contribution in [0.15, 0.2) is 24.3 Å². The van der Waals surface area contributed by atoms with Crippen LogP contribution in [0.4, 0.5) is 0 Å². The molecule has 4 nitrogen and oxygen atoms in total. The third kappa shape index (κ3) is 3.32. The Morgan fingerprint density at radius 2 is 1.90 bits per heavy atom. The second-order valence-corrected chi connectivity index (χ2v) is 5.56. The lowest BCUT2D eigenvalue weighted by molar-refractivity contribution is -0.0648. The minimum Gasteiger partial charge on any atom is -0.497 e. The molecule has 2 heterocycles. The smallest absolute Gasteiger partial charge is 0.184 e. The van der Waals surface area contributed by atoms with Gasteiger partial charge in [0.05, 0.1) is 19.8 Å². The Kier molecular flexibility index (Phi) is 4.55. The maximum Gasteiger partial charge on any atom is 0.184 e. The largest absolute Gasteiger partial charge is 0.497 e. The van der Waals surface area contributed by atoms with E-state index in [0.29, 0.717) is 6.61 Å². The Labute approximate surface area is 120 Å². The van der Waals surface area contributed by atoms with Crippen LogP contribution in [-0.2, 0) is 9.47 Å². The number of likely N-dealkylation sites (tertiary alicyclic amines) is 1. The van der Waals surface area contributed by atoms with Crippen molar-refractivity contribution in [3.05, 3.63) is 29.8 Å². The molecule has 0 radical (unpaired) electrons. The van der Waals surface area contributed by atoms with Gasteiger partial charge in [-0.1, -0.05) is 18.6 Å². The van der Waals surface area contributed by atoms with Crippen molar-refractivity contribution >= 4 is 0 Å². The number of rotatable bonds is 4. The van der Waals surface area contributed by atoms with Crippen LogP contribution in [-0.4, -0.2) is 44.4 Å². The summed E-state index contributed by atoms with van der Waals surface area (Å²) in [6.45, 7) is 4.08. The van der Waals surface area contributed by atoms with E-state index in [0.717, 1.165) is 17.9 Å². The van der Waals surface area contributed by atoms with Crippen LogP contribution < -0.4 is 4.74 Å². The maximum absolute atomic E-state index is 6.02. The average molecular weight is 277 g/mol. The first-order valence-electron chi connectivity index (χ1n) is 7.48. The van der Waals surface area contributed by atoms with E-state index in [1.165, 1.54) is 32.4 Å². The number of ether oxygens (including phenoxy) is 3. The van der Waals surface area contributed by atoms with Gasteiger partial charge >= 0.3 is 0 Å². The van der Waals surface area contributed by atoms with Crippen LogP contribution >= 0.6 is 0 Å². The number of piperidine rings is 1. The van der Waals surface area contributed by atoms with Crippen molar-refractivity contribution in [1.29, 1.82) is 0 Å². The highest BCUT2D eigenvalue weighted by Gasteiger charge is 2.29. The average Bonchev–Trinajstić information content (AvgIpc) is 2.97. The maximum atomic E-state index is 6.02. The molecule has 2 aliphatic heterocycles. The summed E-state index contributed by atoms with van der Waals surface area (Å²) >= 11 is 0. The summed E-state index contributed by atoms with van der Waals surface area (Å²) in [5.41, 5.74) is 1.06. The summed E-state index contributed by atoms with van der Waals surface area (Å²) in [5, 5.41) is 0. The molecular weight excluding hydrogens is 254 g/mol. The summed E-state index contributed by atoms with van der Waals surface area (Å²) in [7, 11) is 1.67. The fourth-order valence-corrected chi connectivity index (χ4v) is 2.91. The second-order valence-electron chi connectivity index (χ2n) is 5.56. The Balaban J connectivity index is 1.52. The molecule has 2 saturated heterocycles. The molecule has 2 atom stereocenters. The zero-order chi connectivity index (χ0) is 13.8. The molecule has 0 unspecified atom stereocenters. The lowest BCUT2D eigenvalue weighted by Crippen LogP contribution is -2.37. The van der Waals surface area contributed by atoms with Gasteiger partial charge in [0.15, 0.2) is 6.29 Å². The van der Waals surface area contributed by atoms with E-state index in [2.05, 4.69) is 4.90 Å². The Bertz CT molecular complexity index is 414. The molecule has 110 valence electrons. The standard InChI is InChI=1S/C16H23NO3/c1-18-14-7-5-13(6-8-14)16-19-12-15(20-16)11-17-9-3-2-4-10-17/h5-8,15-16H,2-4,9-12H2,1H3/t15-,16+/m0/s1. The number of nitrogens with zero attached hydrogens (tertiary/aromatic N) is 1. The van der Waals surface area contributed by atoms with Gasteiger partial charge in [-0.25, -0.2) is 0 Å². The fourth-order valence-electron chi connectivity index (χ4n) is 2.91. The minimum absolute atomic E-state index is 0.195. The summed E-state index contributed by atoms with van der Waals surface area (Å²) in [6, 6.07) is 7.90. The van der Waals surface area contributed by atoms with Gasteiger partial charge in [0, 0.05) is 12.1 Å². The summed E-state index contributed by atoms with van der Waals surface area (Å²) in [4.78, 5) is 2.49. The molecule has 0 bridgehead atoms. The Morgan fingerprint density at radius 3 is 2.60 bits per heavy atom. The second kappa shape index (κ2) is 6.57. The topological polar surface area (TPSA) is 30.9 Å². The first kappa shape index (κ1) is 13.9. The quantitative estimate of drug-likeness (QED) is 0.846. The molecule has 0 aromatic heterocycles. The predicted octanol–water partition coefficient (Wildman–Crippen LogP) is 2.60. The first-order valence-corrected chi connectivity index (χ1v) is 7.48. The van der Waals surface area contributed by atoms with Gasteiger partial charge in [-0.15, -0.1) is 0 Å². The molecule has 0 aliphatic carbocycles. The normalized spacial score (nSPS) is 27.6. The molecule has 0 spiro atoms. The molecule has 2 fully saturated rings. The van der Waals surface area contributed by atoms with Gasteiger partial charge in [0.1, 0.15) is 5.75 Å². The van der Waals surface area contributed by atoms with Gasteiger partial charge < -0.3 is 19.1 Å². The molecule has 3 rings (SSSR count). The van der Waals surface area contributed by atoms with Gasteiger partial charge in [-0.2, -0.15) is 0 Å². The van der Waals surface area contributed by atoms with E-state index in [1.807, 2.05) is 24.3 Å². The van der Waals surface area contributed by atoms with E-state index in [9.17, 15) is 0 Å². The molecule has 2 aliphatic rings. The zero-order valence-electron chi connectivity index (χ0n) is 12.1. The van der Waals surface area contributed by atoms with Crippen molar-refractivity contribution in [1.82, 2.24) is 4.90 Å². The van der Waals surface area contributed by atoms with Crippen molar-refractivity contribution in [2.75, 3.05) is 33.4 Å². The van der Waals surface area contributed by atoms with Gasteiger partial charge in [0.2, 0.25) is 0 Å². The lowest BCUT2D eigenvalue weighted by atomic mass is 10.1. The SMILES string of the molecule is COc1ccc([C@@H]2OC[C@H](CN3CCCCC3)O2)cc1. The molecule has 4 heteroatoms. The van der Waals surface area contributed by atoms with Crippen molar-refractivity contribution in [3.63, 3.8) is 0 Å². The van der Waals surface area contributed by atoms with E-state index in [4.69, 9.17) is 14.2 Å². The molecule has 0 amide bonds. The highest BCUT2D eigenvalue weighted by atomic mass is 16.7. The molecule has 1 aromatic carbocycles. The van der Waals surface area contributed by atoms with Gasteiger partial charge in [-0.05, 0) is 38.1 Å². The molecule has 0 N–H and O–H groups in total. The van der Waals surface area contributed by atoms with Gasteiger partial charge in [-0.3, -0.25) is 0 Å². The van der Waals surface area contributed by atoms with Crippen molar-refractivity contribution < 1.29 is 14.2 Å². The minimum atomic E-state index is -0.226. The zero-order valence-corrected chi connectivity index (χ0v) is 12.1. The predicted molar refractivity (Wildman–Crippen MR) is 76.9 cm³/mol. The first-order chi connectivity index (χ1) is 9.85. The highest BCUT2D eigenvalue weighted by Crippen LogP contribution is 2.28. The van der Waals surface area contributed by atoms with Crippen LogP contribution in [0, 0.1) is 0 Å². The van der Waals surface area contributed by atoms with Crippen molar-refractivity contribution in [2.45, 2.75) is 31.7 Å². The fraction of sp³-hybridized carbons (Fsp3) is 0.625. The third-order valence-corrected chi connectivity index (χ3v) is 4.05. The highest BCUT2D eigenvalue weighted by molar-refractivity contribution is 5.28. The van der Waals surface area contributed by atoms with Crippen LogP contribution in [0.3, 0.4) is 0 Å². The molecule has 20 heavy (non-hydrogen) atoms. The monoisotopic (exact) mass is 277 g/mol. The summed E-state index contributed by atoms with van der Waals surface area (Å²) in [6.07, 6.45) is 3.97. The van der Waals surface area contributed by atoms with Crippen LogP contribution in [0.5, 0.6) is 5.75 Å². The van der Waals surface area contributed by atoms with Crippen molar-refractivity contribution in [3.8, 4) is 5.75 Å². The van der Waals surface area contributed by atoms with Crippen LogP contribution in [0.2, 0.25) is 0 Å². The number of hydrogen-bond acceptors (Lipinski definition) is 4. The van der Waals surface area contributed by atoms with Crippen LogP contribution in [0.1, 0.15) is 31.1 Å². The summed E-state index contributed by atoms with van der Waals surface area (Å²) < 4.78 is 17.0. The molecular formula is C16H23NO3. The van der Waals surface area contributed by atoms with E-state index < -0.39 is 0 Å². The Hall–Kier alpha value is -1.10. The van der Waals surface area contributed by atoms with E-state index in [1.54, 1.807) is 7.11 Å². The lowest BCUT2D eigenvalue weighted by Gasteiger charge is -2.28. The Morgan fingerprint density at radius 1 is 1.15 bits per heavy atom. The molecule has 1 aromatic rings. The van der Waals surface area contributed by atoms with Crippen molar-refractivity contribution in [2.24, 2.45) is 0 Å². The number of methoxy groups -OCH3 is 1. The van der Waals surface area contributed by atoms with Gasteiger partial charge in [0.25, 0.3) is 0 Å². The number of hydrogen-bond donors (Lipinski definition) is 0. The van der Waals surface area contributed by atoms with E-state index in [-0.39, 0.29) is 12.4 Å². The number of benzene rings is 1. The molecule has 0 saturated carbocycles. The van der Waals surface area contributed by atoms with Crippen LogP contribution in [0.25, 0.3) is 0 Å². The van der Waals surface area contributed by atoms with E-state index >= 15 is 0 Å². The summed E-state index contributed by atoms with van der Waals surface area (Å²) in [5.74, 6) is 0.858.